The summed E-state index contributed by atoms with van der Waals surface area (Å²) < 4.78 is 41.9. The zero-order valence-electron chi connectivity index (χ0n) is 43.2. The quantitative estimate of drug-likeness (QED) is 0.0907. The molecule has 0 radical (unpaired) electrons. The zero-order valence-corrected chi connectivity index (χ0v) is 44.0. The van der Waals surface area contributed by atoms with Gasteiger partial charge in [0, 0.05) is 47.3 Å². The molecule has 3 saturated heterocycles. The van der Waals surface area contributed by atoms with Crippen LogP contribution >= 0.6 is 11.3 Å². The van der Waals surface area contributed by atoms with Gasteiger partial charge in [0.15, 0.2) is 0 Å². The molecule has 2 saturated carbocycles. The number of aromatic nitrogens is 6. The number of amides is 4. The van der Waals surface area contributed by atoms with Crippen LogP contribution in [0.2, 0.25) is 0 Å². The van der Waals surface area contributed by atoms with Crippen molar-refractivity contribution in [3.05, 3.63) is 82.3 Å². The van der Waals surface area contributed by atoms with Crippen molar-refractivity contribution in [1.82, 2.24) is 49.9 Å². The number of imidazole rings is 2. The standard InChI is InChI=1S/C55H63FN10O8S/c1-27(2)44(62-52(69)71-6)48(67)64-15-8-9-37(64)46-57-25-35(61-46)30-18-33(56)43-39-20-31-17-28(10-11-36(31)66(39)50(74-41(43)22-30)42-26-59-51(75-42)55(5)13-14-55)34-24-58-47(60-34)40-21-32-19-38(32)65(40)49(68)45(63-53(70)72-7)29-12-16-73-54(3,4)23-29/h10-11,17-18,20,22,24-27,29,32,37-38,40,44-45,50H,8-9,12-16,19,21,23H2,1-7H3,(H,57,61)(H,58,60)(H,62,69)(H,63,70)/t29?,32-,37+,38-,40+,44+,45?,50?/m1/s1. The number of H-pyrrole nitrogens is 2. The van der Waals surface area contributed by atoms with E-state index < -0.39 is 41.9 Å². The number of hydrogen-bond acceptors (Lipinski definition) is 12. The molecule has 18 nitrogen and oxygen atoms in total. The largest absolute Gasteiger partial charge is 0.464 e. The molecule has 4 aromatic heterocycles. The second-order valence-corrected chi connectivity index (χ2v) is 23.6. The zero-order chi connectivity index (χ0) is 52.2. The Balaban J connectivity index is 0.855. The van der Waals surface area contributed by atoms with Crippen LogP contribution in [-0.4, -0.2) is 114 Å². The van der Waals surface area contributed by atoms with Gasteiger partial charge in [-0.25, -0.2) is 28.9 Å². The van der Waals surface area contributed by atoms with Gasteiger partial charge in [0.05, 0.1) is 82.3 Å². The molecular formula is C55H63FN10O8S. The molecule has 3 unspecified atom stereocenters. The lowest BCUT2D eigenvalue weighted by molar-refractivity contribution is -0.140. The number of methoxy groups -OCH3 is 2. The van der Waals surface area contributed by atoms with E-state index in [-0.39, 0.29) is 47.2 Å². The first kappa shape index (κ1) is 49.1. The first-order chi connectivity index (χ1) is 36.0. The van der Waals surface area contributed by atoms with Gasteiger partial charge in [-0.1, -0.05) is 26.8 Å². The Kier molecular flexibility index (Phi) is 12.1. The van der Waals surface area contributed by atoms with Gasteiger partial charge < -0.3 is 49.3 Å². The number of nitrogens with zero attached hydrogens (tertiary/aromatic N) is 6. The predicted octanol–water partition coefficient (Wildman–Crippen LogP) is 9.31. The lowest BCUT2D eigenvalue weighted by atomic mass is 9.82. The van der Waals surface area contributed by atoms with Gasteiger partial charge in [-0.3, -0.25) is 14.2 Å². The third kappa shape index (κ3) is 8.80. The normalized spacial score (nSPS) is 24.7. The first-order valence-electron chi connectivity index (χ1n) is 26.2. The molecule has 75 heavy (non-hydrogen) atoms. The van der Waals surface area contributed by atoms with Gasteiger partial charge in [-0.05, 0) is 113 Å². The van der Waals surface area contributed by atoms with Gasteiger partial charge in [-0.2, -0.15) is 0 Å². The molecule has 4 N–H and O–H groups in total. The van der Waals surface area contributed by atoms with Gasteiger partial charge in [-0.15, -0.1) is 11.3 Å². The highest BCUT2D eigenvalue weighted by Gasteiger charge is 2.57. The van der Waals surface area contributed by atoms with E-state index in [9.17, 15) is 19.2 Å². The van der Waals surface area contributed by atoms with Crippen LogP contribution in [0.1, 0.15) is 126 Å². The van der Waals surface area contributed by atoms with E-state index in [0.29, 0.717) is 78.2 Å². The van der Waals surface area contributed by atoms with Crippen LogP contribution < -0.4 is 15.4 Å². The average molecular weight is 1040 g/mol. The van der Waals surface area contributed by atoms with Crippen molar-refractivity contribution >= 4 is 46.2 Å². The van der Waals surface area contributed by atoms with Crippen molar-refractivity contribution in [3.63, 3.8) is 0 Å². The number of alkyl carbamates (subject to hydrolysis) is 2. The van der Waals surface area contributed by atoms with Gasteiger partial charge in [0.25, 0.3) is 0 Å². The molecule has 20 heteroatoms. The summed E-state index contributed by atoms with van der Waals surface area (Å²) in [5, 5.41) is 7.51. The molecule has 394 valence electrons. The van der Waals surface area contributed by atoms with Crippen molar-refractivity contribution in [2.45, 2.75) is 133 Å². The Morgan fingerprint density at radius 1 is 0.867 bits per heavy atom. The fourth-order valence-electron chi connectivity index (χ4n) is 12.2. The van der Waals surface area contributed by atoms with E-state index >= 15 is 4.39 Å². The molecule has 0 bridgehead atoms. The SMILES string of the molecule is COC(=O)NC(C(=O)N1[C@@H]2C[C@@H]2C[C@H]1c1ncc(-c2ccc3c(c2)cc2n3C(c3cnc(C4(C)CC4)s3)Oc3cc(-c4cnc([C@@H]5CCCN5C(=O)[C@@H](NC(=O)OC)C(C)C)[nH]4)cc(F)c3-2)[nH]1)C1CCOC(C)(C)C1. The number of halogens is 1. The van der Waals surface area contributed by atoms with Crippen molar-refractivity contribution in [3.8, 4) is 39.5 Å². The molecule has 2 aromatic carbocycles. The minimum Gasteiger partial charge on any atom is -0.464 e. The summed E-state index contributed by atoms with van der Waals surface area (Å²) in [6, 6.07) is 9.33. The lowest BCUT2D eigenvalue weighted by Crippen LogP contribution is -2.55. The van der Waals surface area contributed by atoms with E-state index in [1.807, 2.05) is 63.1 Å². The van der Waals surface area contributed by atoms with Crippen molar-refractivity contribution in [2.75, 3.05) is 27.4 Å². The van der Waals surface area contributed by atoms with Gasteiger partial charge in [0.2, 0.25) is 18.0 Å². The van der Waals surface area contributed by atoms with Crippen LogP contribution in [0.4, 0.5) is 14.0 Å². The van der Waals surface area contributed by atoms with E-state index in [1.54, 1.807) is 28.6 Å². The highest BCUT2D eigenvalue weighted by atomic mass is 32.1. The smallest absolute Gasteiger partial charge is 0.407 e. The summed E-state index contributed by atoms with van der Waals surface area (Å²) in [6.07, 6.45) is 9.89. The van der Waals surface area contributed by atoms with Crippen LogP contribution in [0.3, 0.4) is 0 Å². The van der Waals surface area contributed by atoms with Crippen LogP contribution in [-0.2, 0) is 29.2 Å². The molecule has 8 heterocycles. The third-order valence-corrected chi connectivity index (χ3v) is 17.9. The van der Waals surface area contributed by atoms with Crippen LogP contribution in [0, 0.1) is 23.6 Å². The first-order valence-corrected chi connectivity index (χ1v) is 27.0. The van der Waals surface area contributed by atoms with Crippen LogP contribution in [0.5, 0.6) is 5.75 Å². The number of aromatic amines is 2. The molecular weight excluding hydrogens is 980 g/mol. The monoisotopic (exact) mass is 1040 g/mol. The molecule has 4 aliphatic heterocycles. The Bertz CT molecular complexity index is 3250. The maximum absolute atomic E-state index is 17.1. The second kappa shape index (κ2) is 18.5. The summed E-state index contributed by atoms with van der Waals surface area (Å²) in [4.78, 5) is 79.5. The molecule has 6 aromatic rings. The van der Waals surface area contributed by atoms with E-state index in [1.165, 1.54) is 20.3 Å². The Morgan fingerprint density at radius 3 is 2.32 bits per heavy atom. The topological polar surface area (TPSA) is 211 Å². The number of piperidine rings is 1. The van der Waals surface area contributed by atoms with E-state index in [2.05, 4.69) is 38.2 Å². The highest BCUT2D eigenvalue weighted by Crippen LogP contribution is 2.55. The predicted molar refractivity (Wildman–Crippen MR) is 276 cm³/mol. The number of carbonyl (C=O) groups excluding carboxylic acids is 4. The molecule has 12 rings (SSSR count). The maximum atomic E-state index is 17.1. The summed E-state index contributed by atoms with van der Waals surface area (Å²) in [7, 11) is 2.58. The average Bonchev–Trinajstić information content (AvgIpc) is 3.90. The van der Waals surface area contributed by atoms with Crippen molar-refractivity contribution in [2.24, 2.45) is 17.8 Å². The number of thiazole rings is 1. The minimum absolute atomic E-state index is 0.0342. The second-order valence-electron chi connectivity index (χ2n) is 22.5. The number of likely N-dealkylation sites (tertiary alicyclic amines) is 2. The lowest BCUT2D eigenvalue weighted by Gasteiger charge is -2.40. The number of hydrogen-bond donors (Lipinski definition) is 4. The van der Waals surface area contributed by atoms with Crippen molar-refractivity contribution in [1.29, 1.82) is 0 Å². The van der Waals surface area contributed by atoms with Gasteiger partial charge >= 0.3 is 12.2 Å². The number of fused-ring (bicyclic) bond motifs is 6. The van der Waals surface area contributed by atoms with Gasteiger partial charge in [0.1, 0.15) is 35.3 Å². The van der Waals surface area contributed by atoms with E-state index in [0.717, 1.165) is 64.1 Å². The molecule has 8 atom stereocenters. The summed E-state index contributed by atoms with van der Waals surface area (Å²) >= 11 is 1.62. The Labute approximate surface area is 437 Å². The third-order valence-electron chi connectivity index (χ3n) is 16.6. The fourth-order valence-corrected chi connectivity index (χ4v) is 13.3. The maximum Gasteiger partial charge on any atom is 0.407 e. The molecule has 0 spiro atoms. The Hall–Kier alpha value is -6.80. The number of carbonyl (C=O) groups is 4. The molecule has 2 aliphatic carbocycles. The number of rotatable bonds is 12. The van der Waals surface area contributed by atoms with Crippen LogP contribution in [0.15, 0.2) is 55.0 Å². The summed E-state index contributed by atoms with van der Waals surface area (Å²) in [6.45, 7) is 11.0. The molecule has 6 aliphatic rings. The summed E-state index contributed by atoms with van der Waals surface area (Å²) in [5.74, 6) is 0.861. The Morgan fingerprint density at radius 2 is 1.60 bits per heavy atom. The number of ether oxygens (including phenoxy) is 4. The van der Waals surface area contributed by atoms with E-state index in [4.69, 9.17) is 33.9 Å². The molecule has 5 fully saturated rings. The van der Waals surface area contributed by atoms with Crippen molar-refractivity contribution < 1.29 is 42.5 Å². The fraction of sp³-hybridized carbons (Fsp3) is 0.509. The number of nitrogens with one attached hydrogen (secondary N) is 4. The number of benzene rings is 2. The van der Waals surface area contributed by atoms with Crippen LogP contribution in [0.25, 0.3) is 44.7 Å². The highest BCUT2D eigenvalue weighted by molar-refractivity contribution is 7.11. The summed E-state index contributed by atoms with van der Waals surface area (Å²) in [5.41, 5.74) is 4.18. The minimum atomic E-state index is -0.777. The molecule has 4 amide bonds.